The highest BCUT2D eigenvalue weighted by atomic mass is 16.2. The summed E-state index contributed by atoms with van der Waals surface area (Å²) < 4.78 is 0. The van der Waals surface area contributed by atoms with Gasteiger partial charge in [-0.05, 0) is 60.6 Å². The molecule has 0 bridgehead atoms. The Bertz CT molecular complexity index is 1300. The van der Waals surface area contributed by atoms with E-state index in [1.54, 1.807) is 0 Å². The first kappa shape index (κ1) is 25.0. The highest BCUT2D eigenvalue weighted by Gasteiger charge is 2.35. The molecule has 1 saturated heterocycles. The Kier molecular flexibility index (Phi) is 7.55. The van der Waals surface area contributed by atoms with Crippen molar-refractivity contribution in [1.82, 2.24) is 20.5 Å². The van der Waals surface area contributed by atoms with Crippen molar-refractivity contribution in [3.05, 3.63) is 65.4 Å². The minimum absolute atomic E-state index is 0.0439. The lowest BCUT2D eigenvalue weighted by molar-refractivity contribution is -0.130. The van der Waals surface area contributed by atoms with E-state index in [1.807, 2.05) is 30.5 Å². The van der Waals surface area contributed by atoms with Crippen LogP contribution in [-0.2, 0) is 33.8 Å². The van der Waals surface area contributed by atoms with Crippen LogP contribution in [0.15, 0.2) is 48.7 Å². The van der Waals surface area contributed by atoms with Crippen LogP contribution in [0.3, 0.4) is 0 Å². The summed E-state index contributed by atoms with van der Waals surface area (Å²) in [6.45, 7) is 4.02. The summed E-state index contributed by atoms with van der Waals surface area (Å²) in [7, 11) is 0. The monoisotopic (exact) mass is 501 g/mol. The van der Waals surface area contributed by atoms with E-state index >= 15 is 0 Å². The Morgan fingerprint density at radius 2 is 1.70 bits per heavy atom. The largest absolute Gasteiger partial charge is 0.361 e. The van der Waals surface area contributed by atoms with Crippen molar-refractivity contribution in [3.63, 3.8) is 0 Å². The number of piperidine rings is 1. The molecule has 2 heterocycles. The molecule has 194 valence electrons. The Hall–Kier alpha value is -3.65. The highest BCUT2D eigenvalue weighted by molar-refractivity contribution is 5.93. The Morgan fingerprint density at radius 3 is 2.54 bits per heavy atom. The van der Waals surface area contributed by atoms with Crippen LogP contribution in [0.1, 0.15) is 36.5 Å². The van der Waals surface area contributed by atoms with Gasteiger partial charge >= 0.3 is 0 Å². The number of carbonyl (C=O) groups is 3. The highest BCUT2D eigenvalue weighted by Crippen LogP contribution is 2.29. The molecule has 3 amide bonds. The molecule has 2 aliphatic rings. The second-order valence-corrected chi connectivity index (χ2v) is 10.3. The fourth-order valence-corrected chi connectivity index (χ4v) is 5.67. The molecule has 8 nitrogen and oxygen atoms in total. The first-order chi connectivity index (χ1) is 18.0. The molecular formula is C29H35N5O3. The van der Waals surface area contributed by atoms with Crippen LogP contribution >= 0.6 is 0 Å². The van der Waals surface area contributed by atoms with Gasteiger partial charge in [-0.2, -0.15) is 0 Å². The van der Waals surface area contributed by atoms with Crippen molar-refractivity contribution in [3.8, 4) is 0 Å². The number of carbonyl (C=O) groups excluding carboxylic acids is 3. The quantitative estimate of drug-likeness (QED) is 0.356. The van der Waals surface area contributed by atoms with Gasteiger partial charge in [0.1, 0.15) is 0 Å². The van der Waals surface area contributed by atoms with Crippen molar-refractivity contribution >= 4 is 34.3 Å². The molecule has 4 N–H and O–H groups in total. The summed E-state index contributed by atoms with van der Waals surface area (Å²) >= 11 is 0. The molecule has 0 unspecified atom stereocenters. The number of fused-ring (bicyclic) bond motifs is 2. The lowest BCUT2D eigenvalue weighted by Gasteiger charge is -2.36. The van der Waals surface area contributed by atoms with Gasteiger partial charge in [-0.25, -0.2) is 0 Å². The number of rotatable bonds is 8. The van der Waals surface area contributed by atoms with Crippen molar-refractivity contribution in [1.29, 1.82) is 0 Å². The number of hydrogen-bond acceptors (Lipinski definition) is 4. The van der Waals surface area contributed by atoms with E-state index in [4.69, 9.17) is 0 Å². The average molecular weight is 502 g/mol. The van der Waals surface area contributed by atoms with Gasteiger partial charge in [0.2, 0.25) is 17.7 Å². The van der Waals surface area contributed by atoms with Crippen LogP contribution in [-0.4, -0.2) is 53.8 Å². The van der Waals surface area contributed by atoms with E-state index in [0.29, 0.717) is 39.1 Å². The van der Waals surface area contributed by atoms with Gasteiger partial charge in [-0.15, -0.1) is 0 Å². The molecule has 37 heavy (non-hydrogen) atoms. The summed E-state index contributed by atoms with van der Waals surface area (Å²) in [6.07, 6.45) is 5.83. The van der Waals surface area contributed by atoms with E-state index in [9.17, 15) is 14.4 Å². The molecule has 0 saturated carbocycles. The lowest BCUT2D eigenvalue weighted by Crippen LogP contribution is -2.49. The van der Waals surface area contributed by atoms with E-state index in [0.717, 1.165) is 41.4 Å². The maximum Gasteiger partial charge on any atom is 0.228 e. The number of aromatic nitrogens is 1. The van der Waals surface area contributed by atoms with E-state index in [1.165, 1.54) is 18.1 Å². The van der Waals surface area contributed by atoms with Gasteiger partial charge in [-0.1, -0.05) is 24.3 Å². The number of benzene rings is 2. The summed E-state index contributed by atoms with van der Waals surface area (Å²) in [6, 6.07) is 14.4. The van der Waals surface area contributed by atoms with E-state index < -0.39 is 0 Å². The van der Waals surface area contributed by atoms with Crippen molar-refractivity contribution in [2.24, 2.45) is 11.8 Å². The van der Waals surface area contributed by atoms with Crippen LogP contribution < -0.4 is 16.0 Å². The minimum atomic E-state index is -0.313. The molecule has 5 rings (SSSR count). The lowest BCUT2D eigenvalue weighted by atomic mass is 9.87. The second-order valence-electron chi connectivity index (χ2n) is 10.3. The van der Waals surface area contributed by atoms with Crippen LogP contribution in [0.2, 0.25) is 0 Å². The summed E-state index contributed by atoms with van der Waals surface area (Å²) in [4.78, 5) is 43.1. The summed E-state index contributed by atoms with van der Waals surface area (Å²) in [5, 5.41) is 9.92. The topological polar surface area (TPSA) is 106 Å². The molecular weight excluding hydrogens is 466 g/mol. The predicted octanol–water partition coefficient (Wildman–Crippen LogP) is 2.99. The maximum atomic E-state index is 13.4. The number of aromatic amines is 1. The minimum Gasteiger partial charge on any atom is -0.361 e. The number of aryl methyl sites for hydroxylation is 2. The number of hydrogen-bond donors (Lipinski definition) is 4. The zero-order valence-electron chi connectivity index (χ0n) is 21.3. The molecule has 1 fully saturated rings. The molecule has 2 aromatic carbocycles. The number of likely N-dealkylation sites (tertiary alicyclic amines) is 1. The third kappa shape index (κ3) is 6.02. The number of nitrogens with one attached hydrogen (secondary N) is 4. The fourth-order valence-electron chi connectivity index (χ4n) is 5.67. The van der Waals surface area contributed by atoms with E-state index in [2.05, 4.69) is 44.0 Å². The SMILES string of the molecule is CC(=O)NCCNC(=O)[C@H]1C[C@@H](C(=O)Nc2ccc3c(c2)CCC3)CN(Cc2c[nH]c3ccccc23)C1. The number of nitrogens with zero attached hydrogens (tertiary/aromatic N) is 1. The normalized spacial score (nSPS) is 19.4. The predicted molar refractivity (Wildman–Crippen MR) is 144 cm³/mol. The van der Waals surface area contributed by atoms with Crippen LogP contribution in [0.5, 0.6) is 0 Å². The molecule has 1 aromatic heterocycles. The second kappa shape index (κ2) is 11.2. The molecule has 1 aliphatic heterocycles. The first-order valence-electron chi connectivity index (χ1n) is 13.2. The molecule has 2 atom stereocenters. The molecule has 0 spiro atoms. The standard InChI is InChI=1S/C29H35N5O3/c1-19(35)30-11-12-31-28(36)22-13-23(29(37)33-25-10-9-20-5-4-6-21(20)14-25)17-34(16-22)18-24-15-32-27-8-3-2-7-26(24)27/h2-3,7-10,14-15,22-23,32H,4-6,11-13,16-18H2,1H3,(H,30,35)(H,31,36)(H,33,37)/t22-,23+/m0/s1. The summed E-state index contributed by atoms with van der Waals surface area (Å²) in [5.41, 5.74) is 5.75. The number of H-pyrrole nitrogens is 1. The number of amides is 3. The molecule has 8 heteroatoms. The Labute approximate surface area is 217 Å². The number of para-hydroxylation sites is 1. The smallest absolute Gasteiger partial charge is 0.228 e. The Balaban J connectivity index is 1.29. The van der Waals surface area contributed by atoms with Crippen LogP contribution in [0, 0.1) is 11.8 Å². The fraction of sp³-hybridized carbons (Fsp3) is 0.414. The van der Waals surface area contributed by atoms with Crippen molar-refractivity contribution in [2.75, 3.05) is 31.5 Å². The summed E-state index contributed by atoms with van der Waals surface area (Å²) in [5.74, 6) is -0.868. The zero-order valence-corrected chi connectivity index (χ0v) is 21.3. The van der Waals surface area contributed by atoms with Crippen molar-refractivity contribution in [2.45, 2.75) is 39.2 Å². The molecule has 0 radical (unpaired) electrons. The van der Waals surface area contributed by atoms with Gasteiger partial charge in [0.25, 0.3) is 0 Å². The third-order valence-corrected chi connectivity index (χ3v) is 7.50. The van der Waals surface area contributed by atoms with Gasteiger partial charge in [0.15, 0.2) is 0 Å². The van der Waals surface area contributed by atoms with Crippen molar-refractivity contribution < 1.29 is 14.4 Å². The third-order valence-electron chi connectivity index (χ3n) is 7.50. The number of anilines is 1. The van der Waals surface area contributed by atoms with Crippen LogP contribution in [0.25, 0.3) is 10.9 Å². The molecule has 1 aliphatic carbocycles. The van der Waals surface area contributed by atoms with Gasteiger partial charge in [0.05, 0.1) is 11.8 Å². The van der Waals surface area contributed by atoms with Gasteiger partial charge in [0, 0.05) is 62.4 Å². The first-order valence-corrected chi connectivity index (χ1v) is 13.2. The maximum absolute atomic E-state index is 13.4. The zero-order chi connectivity index (χ0) is 25.8. The van der Waals surface area contributed by atoms with Gasteiger partial charge in [-0.3, -0.25) is 19.3 Å². The van der Waals surface area contributed by atoms with Gasteiger partial charge < -0.3 is 20.9 Å². The Morgan fingerprint density at radius 1 is 0.946 bits per heavy atom. The van der Waals surface area contributed by atoms with E-state index in [-0.39, 0.29) is 29.6 Å². The molecule has 3 aromatic rings. The van der Waals surface area contributed by atoms with Crippen LogP contribution in [0.4, 0.5) is 5.69 Å². The average Bonchev–Trinajstić information content (AvgIpc) is 3.53.